The molecule has 3 nitrogen and oxygen atoms in total. The van der Waals surface area contributed by atoms with Crippen LogP contribution in [-0.4, -0.2) is 15.0 Å². The standard InChI is InChI=1S/C7H8F3N3/c8-7(9,10)13-6-4-2-1-3-5(6)11-12-13/h1-4H2. The Labute approximate surface area is 72.5 Å². The maximum atomic E-state index is 12.3. The van der Waals surface area contributed by atoms with Crippen LogP contribution in [0.5, 0.6) is 0 Å². The lowest BCUT2D eigenvalue weighted by Gasteiger charge is -2.13. The molecule has 0 aliphatic heterocycles. The molecule has 0 unspecified atom stereocenters. The van der Waals surface area contributed by atoms with Crippen molar-refractivity contribution in [3.05, 3.63) is 11.4 Å². The minimum atomic E-state index is -4.42. The summed E-state index contributed by atoms with van der Waals surface area (Å²) in [6.07, 6.45) is -1.68. The number of halogens is 3. The zero-order valence-corrected chi connectivity index (χ0v) is 6.80. The molecule has 6 heteroatoms. The topological polar surface area (TPSA) is 30.7 Å². The molecule has 0 saturated heterocycles. The Bertz CT molecular complexity index is 315. The number of rotatable bonds is 0. The average Bonchev–Trinajstić information content (AvgIpc) is 2.45. The maximum Gasteiger partial charge on any atom is 0.506 e. The minimum Gasteiger partial charge on any atom is -0.155 e. The van der Waals surface area contributed by atoms with Crippen molar-refractivity contribution >= 4 is 0 Å². The lowest BCUT2D eigenvalue weighted by atomic mass is 10.0. The van der Waals surface area contributed by atoms with Gasteiger partial charge in [0, 0.05) is 0 Å². The van der Waals surface area contributed by atoms with Gasteiger partial charge in [-0.1, -0.05) is 5.21 Å². The second kappa shape index (κ2) is 2.71. The number of hydrogen-bond acceptors (Lipinski definition) is 2. The van der Waals surface area contributed by atoms with Crippen molar-refractivity contribution in [2.24, 2.45) is 0 Å². The van der Waals surface area contributed by atoms with Crippen LogP contribution in [0.25, 0.3) is 0 Å². The first kappa shape index (κ1) is 8.52. The fourth-order valence-corrected chi connectivity index (χ4v) is 1.57. The summed E-state index contributed by atoms with van der Waals surface area (Å²) in [5.74, 6) is 0. The summed E-state index contributed by atoms with van der Waals surface area (Å²) < 4.78 is 36.9. The van der Waals surface area contributed by atoms with E-state index in [0.29, 0.717) is 18.5 Å². The highest BCUT2D eigenvalue weighted by Gasteiger charge is 2.36. The molecule has 1 aliphatic rings. The quantitative estimate of drug-likeness (QED) is 0.624. The van der Waals surface area contributed by atoms with Crippen molar-refractivity contribution in [1.29, 1.82) is 0 Å². The van der Waals surface area contributed by atoms with E-state index >= 15 is 0 Å². The first-order chi connectivity index (χ1) is 6.09. The Morgan fingerprint density at radius 2 is 1.85 bits per heavy atom. The van der Waals surface area contributed by atoms with Gasteiger partial charge in [-0.25, -0.2) is 0 Å². The molecule has 1 aliphatic carbocycles. The van der Waals surface area contributed by atoms with Crippen molar-refractivity contribution in [2.45, 2.75) is 32.0 Å². The Balaban J connectivity index is 2.43. The summed E-state index contributed by atoms with van der Waals surface area (Å²) in [6.45, 7) is 0. The summed E-state index contributed by atoms with van der Waals surface area (Å²) in [4.78, 5) is 0. The molecule has 0 bridgehead atoms. The normalized spacial score (nSPS) is 17.2. The monoisotopic (exact) mass is 191 g/mol. The first-order valence-electron chi connectivity index (χ1n) is 4.09. The van der Waals surface area contributed by atoms with Crippen LogP contribution in [0.15, 0.2) is 0 Å². The van der Waals surface area contributed by atoms with E-state index in [0.717, 1.165) is 12.8 Å². The molecule has 0 saturated carbocycles. The van der Waals surface area contributed by atoms with E-state index in [1.54, 1.807) is 0 Å². The number of nitrogens with zero attached hydrogens (tertiary/aromatic N) is 3. The van der Waals surface area contributed by atoms with Crippen LogP contribution in [0.2, 0.25) is 0 Å². The van der Waals surface area contributed by atoms with Gasteiger partial charge in [-0.15, -0.1) is 18.3 Å². The number of alkyl halides is 3. The average molecular weight is 191 g/mol. The lowest BCUT2D eigenvalue weighted by Crippen LogP contribution is -2.22. The zero-order valence-electron chi connectivity index (χ0n) is 6.80. The molecule has 0 atom stereocenters. The third-order valence-corrected chi connectivity index (χ3v) is 2.16. The Hall–Kier alpha value is -1.07. The van der Waals surface area contributed by atoms with Gasteiger partial charge in [0.05, 0.1) is 11.4 Å². The van der Waals surface area contributed by atoms with Gasteiger partial charge in [0.1, 0.15) is 0 Å². The van der Waals surface area contributed by atoms with Gasteiger partial charge in [-0.2, -0.15) is 4.68 Å². The van der Waals surface area contributed by atoms with E-state index in [2.05, 4.69) is 10.3 Å². The van der Waals surface area contributed by atoms with E-state index in [4.69, 9.17) is 0 Å². The molecule has 72 valence electrons. The Morgan fingerprint density at radius 1 is 1.15 bits per heavy atom. The van der Waals surface area contributed by atoms with Crippen molar-refractivity contribution in [1.82, 2.24) is 15.0 Å². The highest BCUT2D eigenvalue weighted by Crippen LogP contribution is 2.27. The molecular formula is C7H8F3N3. The smallest absolute Gasteiger partial charge is 0.155 e. The lowest BCUT2D eigenvalue weighted by molar-refractivity contribution is -0.214. The zero-order chi connectivity index (χ0) is 9.47. The molecule has 1 aromatic rings. The Kier molecular flexibility index (Phi) is 1.78. The molecule has 1 heterocycles. The number of aromatic nitrogens is 3. The molecule has 0 aromatic carbocycles. The van der Waals surface area contributed by atoms with Crippen LogP contribution >= 0.6 is 0 Å². The van der Waals surface area contributed by atoms with Crippen molar-refractivity contribution < 1.29 is 13.2 Å². The van der Waals surface area contributed by atoms with Gasteiger partial charge in [0.25, 0.3) is 0 Å². The predicted octanol–water partition coefficient (Wildman–Crippen LogP) is 1.63. The van der Waals surface area contributed by atoms with Crippen LogP contribution in [-0.2, 0) is 19.1 Å². The largest absolute Gasteiger partial charge is 0.506 e. The molecule has 0 N–H and O–H groups in total. The van der Waals surface area contributed by atoms with Gasteiger partial charge in [0.15, 0.2) is 0 Å². The molecule has 0 radical (unpaired) electrons. The minimum absolute atomic E-state index is 0.0848. The van der Waals surface area contributed by atoms with E-state index < -0.39 is 6.30 Å². The first-order valence-corrected chi connectivity index (χ1v) is 4.09. The van der Waals surface area contributed by atoms with Crippen LogP contribution in [0.3, 0.4) is 0 Å². The van der Waals surface area contributed by atoms with Gasteiger partial charge in [-0.05, 0) is 25.7 Å². The van der Waals surface area contributed by atoms with Crippen LogP contribution in [0.4, 0.5) is 13.2 Å². The van der Waals surface area contributed by atoms with Crippen LogP contribution < -0.4 is 0 Å². The van der Waals surface area contributed by atoms with Crippen molar-refractivity contribution in [3.63, 3.8) is 0 Å². The van der Waals surface area contributed by atoms with E-state index in [-0.39, 0.29) is 10.4 Å². The Morgan fingerprint density at radius 3 is 2.54 bits per heavy atom. The van der Waals surface area contributed by atoms with Gasteiger partial charge >= 0.3 is 6.30 Å². The van der Waals surface area contributed by atoms with Crippen molar-refractivity contribution in [3.8, 4) is 0 Å². The number of aryl methyl sites for hydroxylation is 1. The fraction of sp³-hybridized carbons (Fsp3) is 0.714. The van der Waals surface area contributed by atoms with Crippen molar-refractivity contribution in [2.75, 3.05) is 0 Å². The molecule has 2 rings (SSSR count). The summed E-state index contributed by atoms with van der Waals surface area (Å²) in [7, 11) is 0. The van der Waals surface area contributed by atoms with Gasteiger partial charge in [-0.3, -0.25) is 0 Å². The molecule has 0 fully saturated rings. The summed E-state index contributed by atoms with van der Waals surface area (Å²) in [6, 6.07) is 0. The second-order valence-corrected chi connectivity index (χ2v) is 3.07. The maximum absolute atomic E-state index is 12.3. The van der Waals surface area contributed by atoms with Gasteiger partial charge in [0.2, 0.25) is 0 Å². The van der Waals surface area contributed by atoms with E-state index in [1.807, 2.05) is 0 Å². The van der Waals surface area contributed by atoms with Crippen LogP contribution in [0.1, 0.15) is 24.2 Å². The molecule has 0 spiro atoms. The van der Waals surface area contributed by atoms with E-state index in [1.165, 1.54) is 0 Å². The molecular weight excluding hydrogens is 183 g/mol. The summed E-state index contributed by atoms with van der Waals surface area (Å²) in [5.41, 5.74) is 0.738. The second-order valence-electron chi connectivity index (χ2n) is 3.07. The summed E-state index contributed by atoms with van der Waals surface area (Å²) >= 11 is 0. The number of fused-ring (bicyclic) bond motifs is 1. The fourth-order valence-electron chi connectivity index (χ4n) is 1.57. The SMILES string of the molecule is FC(F)(F)n1nnc2c1CCCC2. The molecule has 13 heavy (non-hydrogen) atoms. The highest BCUT2D eigenvalue weighted by atomic mass is 19.4. The summed E-state index contributed by atoms with van der Waals surface area (Å²) in [5, 5.41) is 6.63. The number of hydrogen-bond donors (Lipinski definition) is 0. The predicted molar refractivity (Wildman–Crippen MR) is 38.0 cm³/mol. The van der Waals surface area contributed by atoms with E-state index in [9.17, 15) is 13.2 Å². The third-order valence-electron chi connectivity index (χ3n) is 2.16. The molecule has 1 aromatic heterocycles. The van der Waals surface area contributed by atoms with Gasteiger partial charge < -0.3 is 0 Å². The third kappa shape index (κ3) is 1.40. The van der Waals surface area contributed by atoms with Crippen LogP contribution in [0, 0.1) is 0 Å². The highest BCUT2D eigenvalue weighted by molar-refractivity contribution is 5.13. The molecule has 0 amide bonds.